The van der Waals surface area contributed by atoms with Crippen LogP contribution in [0.25, 0.3) is 10.4 Å². The zero-order valence-corrected chi connectivity index (χ0v) is 40.3. The molecule has 1 aromatic rings. The molecule has 1 saturated carbocycles. The second kappa shape index (κ2) is 24.9. The number of nitrogens with one attached hydrogen (secondary N) is 3. The number of ether oxygens (including phenoxy) is 4. The summed E-state index contributed by atoms with van der Waals surface area (Å²) in [7, 11) is 3.58. The number of unbranched alkanes of at least 4 members (excludes halogenated alkanes) is 4. The maximum Gasteiger partial charge on any atom is 0.407 e. The van der Waals surface area contributed by atoms with E-state index >= 15 is 0 Å². The molecule has 16 nitrogen and oxygen atoms in total. The maximum atomic E-state index is 13.9. The quantitative estimate of drug-likeness (QED) is 0.0369. The molecular formula is C51H74N8O8. The van der Waals surface area contributed by atoms with Crippen LogP contribution in [-0.4, -0.2) is 131 Å². The van der Waals surface area contributed by atoms with E-state index in [1.165, 1.54) is 11.1 Å². The first-order valence-electron chi connectivity index (χ1n) is 24.4. The minimum Gasteiger partial charge on any atom is -0.444 e. The second-order valence-electron chi connectivity index (χ2n) is 19.6. The molecule has 4 unspecified atom stereocenters. The molecule has 6 atom stereocenters. The molecule has 4 amide bonds. The predicted molar refractivity (Wildman–Crippen MR) is 258 cm³/mol. The van der Waals surface area contributed by atoms with E-state index in [1.54, 1.807) is 16.8 Å². The third-order valence-corrected chi connectivity index (χ3v) is 13.9. The van der Waals surface area contributed by atoms with Gasteiger partial charge < -0.3 is 44.7 Å². The van der Waals surface area contributed by atoms with E-state index in [9.17, 15) is 19.2 Å². The Morgan fingerprint density at radius 1 is 0.821 bits per heavy atom. The van der Waals surface area contributed by atoms with Gasteiger partial charge in [0.1, 0.15) is 5.60 Å². The van der Waals surface area contributed by atoms with Gasteiger partial charge in [-0.15, -0.1) is 0 Å². The van der Waals surface area contributed by atoms with Crippen molar-refractivity contribution >= 4 is 29.5 Å². The average molecular weight is 927 g/mol. The standard InChI is InChI=1S/C51H74N8O8/c1-50(2,3)67-49(63)53-24-14-8-6-7-9-19-45(60)55-36-20-21-40-43(33-36)51(41-17-12-10-15-38(41)47(40)39-16-11-13-18-42(39)51)23-22-46(61)58(4)25-27-64-29-31-66-32-30-65-28-26-59(5)48(62)44-34-37(35-54-44)56-57-52/h10-13,15-18,20-21,33,37-39,41-42,44,47,54H,6-9,14,19,22-32,34-35H2,1-5H3,(H,53,63)(H,55,60)/t37-,38?,39?,41?,42?,44-,47?,51?/m0/s1. The fourth-order valence-electron chi connectivity index (χ4n) is 10.7. The third kappa shape index (κ3) is 13.8. The summed E-state index contributed by atoms with van der Waals surface area (Å²) in [5.74, 6) is 1.41. The van der Waals surface area contributed by atoms with Gasteiger partial charge in [0.15, 0.2) is 0 Å². The average Bonchev–Trinajstić information content (AvgIpc) is 3.78. The first kappa shape index (κ1) is 51.4. The fraction of sp³-hybridized carbons (Fsp3) is 0.647. The molecule has 1 aliphatic heterocycles. The van der Waals surface area contributed by atoms with Crippen LogP contribution in [0, 0.1) is 23.7 Å². The van der Waals surface area contributed by atoms with Crippen molar-refractivity contribution < 1.29 is 38.1 Å². The van der Waals surface area contributed by atoms with E-state index in [2.05, 4.69) is 92.8 Å². The molecule has 7 rings (SSSR count). The number of hydrogen-bond acceptors (Lipinski definition) is 10. The van der Waals surface area contributed by atoms with E-state index in [1.807, 2.05) is 27.8 Å². The highest BCUT2D eigenvalue weighted by Crippen LogP contribution is 2.68. The molecule has 3 N–H and O–H groups in total. The van der Waals surface area contributed by atoms with Crippen molar-refractivity contribution in [2.75, 3.05) is 85.2 Å². The van der Waals surface area contributed by atoms with Crippen molar-refractivity contribution in [1.29, 1.82) is 0 Å². The Balaban J connectivity index is 0.931. The molecule has 0 aromatic heterocycles. The lowest BCUT2D eigenvalue weighted by atomic mass is 9.39. The molecule has 2 bridgehead atoms. The summed E-state index contributed by atoms with van der Waals surface area (Å²) in [5, 5.41) is 12.8. The lowest BCUT2D eigenvalue weighted by Crippen LogP contribution is -2.59. The molecule has 366 valence electrons. The number of anilines is 1. The molecule has 0 spiro atoms. The molecule has 0 radical (unpaired) electrons. The number of alkyl carbamates (subject to hydrolysis) is 1. The van der Waals surface area contributed by atoms with Crippen LogP contribution in [0.1, 0.15) is 95.6 Å². The topological polar surface area (TPSA) is 197 Å². The minimum atomic E-state index is -0.512. The number of azide groups is 1. The van der Waals surface area contributed by atoms with Gasteiger partial charge in [0, 0.05) is 69.1 Å². The van der Waals surface area contributed by atoms with Crippen molar-refractivity contribution in [1.82, 2.24) is 20.4 Å². The van der Waals surface area contributed by atoms with Gasteiger partial charge in [0.2, 0.25) is 17.7 Å². The molecule has 5 aliphatic carbocycles. The van der Waals surface area contributed by atoms with E-state index in [0.29, 0.717) is 109 Å². The summed E-state index contributed by atoms with van der Waals surface area (Å²) in [6, 6.07) is 5.95. The molecule has 2 fully saturated rings. The largest absolute Gasteiger partial charge is 0.444 e. The van der Waals surface area contributed by atoms with Crippen LogP contribution < -0.4 is 16.0 Å². The number of carbonyl (C=O) groups excluding carboxylic acids is 4. The van der Waals surface area contributed by atoms with Gasteiger partial charge in [-0.3, -0.25) is 14.4 Å². The highest BCUT2D eigenvalue weighted by Gasteiger charge is 2.62. The van der Waals surface area contributed by atoms with Crippen LogP contribution in [0.2, 0.25) is 0 Å². The van der Waals surface area contributed by atoms with Crippen molar-refractivity contribution in [3.63, 3.8) is 0 Å². The summed E-state index contributed by atoms with van der Waals surface area (Å²) in [6.45, 7) is 9.90. The van der Waals surface area contributed by atoms with Gasteiger partial charge in [-0.05, 0) is 105 Å². The summed E-state index contributed by atoms with van der Waals surface area (Å²) in [4.78, 5) is 57.9. The molecule has 1 aromatic carbocycles. The van der Waals surface area contributed by atoms with Gasteiger partial charge in [-0.1, -0.05) is 79.1 Å². The molecule has 6 aliphatic rings. The zero-order chi connectivity index (χ0) is 47.8. The Labute approximate surface area is 396 Å². The molecule has 16 heteroatoms. The van der Waals surface area contributed by atoms with E-state index in [-0.39, 0.29) is 47.1 Å². The third-order valence-electron chi connectivity index (χ3n) is 13.9. The summed E-state index contributed by atoms with van der Waals surface area (Å²) in [5.41, 5.74) is 11.2. The Morgan fingerprint density at radius 2 is 1.43 bits per heavy atom. The molecule has 1 saturated heterocycles. The van der Waals surface area contributed by atoms with Crippen molar-refractivity contribution in [3.05, 3.63) is 88.4 Å². The van der Waals surface area contributed by atoms with Crippen molar-refractivity contribution in [2.45, 2.75) is 108 Å². The number of likely N-dealkylation sites (N-methyl/N-ethyl adjacent to an activating group) is 2. The van der Waals surface area contributed by atoms with Crippen LogP contribution >= 0.6 is 0 Å². The van der Waals surface area contributed by atoms with Crippen LogP contribution in [0.15, 0.2) is 71.9 Å². The smallest absolute Gasteiger partial charge is 0.407 e. The number of hydrogen-bond donors (Lipinski definition) is 3. The number of carbonyl (C=O) groups is 4. The highest BCUT2D eigenvalue weighted by molar-refractivity contribution is 5.91. The van der Waals surface area contributed by atoms with E-state index in [4.69, 9.17) is 24.5 Å². The summed E-state index contributed by atoms with van der Waals surface area (Å²) in [6.07, 6.45) is 24.3. The van der Waals surface area contributed by atoms with Gasteiger partial charge in [0.05, 0.1) is 51.7 Å². The van der Waals surface area contributed by atoms with E-state index < -0.39 is 11.7 Å². The number of nitrogens with zero attached hydrogens (tertiary/aromatic N) is 5. The predicted octanol–water partition coefficient (Wildman–Crippen LogP) is 7.34. The summed E-state index contributed by atoms with van der Waals surface area (Å²) >= 11 is 0. The number of benzene rings is 1. The van der Waals surface area contributed by atoms with Gasteiger partial charge >= 0.3 is 6.09 Å². The highest BCUT2D eigenvalue weighted by atomic mass is 16.6. The van der Waals surface area contributed by atoms with Crippen LogP contribution in [0.3, 0.4) is 0 Å². The van der Waals surface area contributed by atoms with Gasteiger partial charge in [0.25, 0.3) is 0 Å². The Kier molecular flexibility index (Phi) is 19.1. The summed E-state index contributed by atoms with van der Waals surface area (Å²) < 4.78 is 22.5. The van der Waals surface area contributed by atoms with Gasteiger partial charge in [-0.2, -0.15) is 0 Å². The minimum absolute atomic E-state index is 0.00472. The number of rotatable bonds is 26. The van der Waals surface area contributed by atoms with Gasteiger partial charge in [-0.25, -0.2) is 4.79 Å². The number of amides is 4. The lowest BCUT2D eigenvalue weighted by Gasteiger charge is -2.63. The maximum absolute atomic E-state index is 13.9. The molecule has 67 heavy (non-hydrogen) atoms. The van der Waals surface area contributed by atoms with Crippen LogP contribution in [-0.2, 0) is 38.7 Å². The van der Waals surface area contributed by atoms with Crippen LogP contribution in [0.4, 0.5) is 10.5 Å². The van der Waals surface area contributed by atoms with Crippen LogP contribution in [0.5, 0.6) is 0 Å². The normalized spacial score (nSPS) is 25.1. The fourth-order valence-corrected chi connectivity index (χ4v) is 10.7. The monoisotopic (exact) mass is 927 g/mol. The first-order chi connectivity index (χ1) is 32.3. The zero-order valence-electron chi connectivity index (χ0n) is 40.3. The van der Waals surface area contributed by atoms with E-state index in [0.717, 1.165) is 37.8 Å². The van der Waals surface area contributed by atoms with Crippen molar-refractivity contribution in [2.24, 2.45) is 28.8 Å². The Morgan fingerprint density at radius 3 is 2.09 bits per heavy atom. The Bertz CT molecular complexity index is 1990. The number of allylic oxidation sites excluding steroid dienone is 8. The second-order valence-corrected chi connectivity index (χ2v) is 19.6. The lowest BCUT2D eigenvalue weighted by molar-refractivity contribution is -0.132. The van der Waals surface area contributed by atoms with Crippen molar-refractivity contribution in [3.8, 4) is 0 Å². The molecule has 1 heterocycles. The SMILES string of the molecule is CN(CCOCCOCCOCCN(C)C(=O)[C@@H]1C[C@H](N=[N+]=[N-])CN1)C(=O)CCC12c3cc(NC(=O)CCCCCCCNC(=O)OC(C)(C)C)ccc3C(C3C=CC=CC31)C1C=CC=CC12. The first-order valence-corrected chi connectivity index (χ1v) is 24.4. The Hall–Kier alpha value is -4.99. The molecular weight excluding hydrogens is 853 g/mol.